The molecule has 1 atom stereocenters. The van der Waals surface area contributed by atoms with Crippen LogP contribution in [-0.2, 0) is 9.59 Å². The number of rotatable bonds is 6. The number of ketones is 1. The first-order valence-corrected chi connectivity index (χ1v) is 10.3. The van der Waals surface area contributed by atoms with Crippen molar-refractivity contribution in [1.29, 1.82) is 0 Å². The minimum Gasteiger partial charge on any atom is -0.507 e. The predicted molar refractivity (Wildman–Crippen MR) is 112 cm³/mol. The molecule has 8 heteroatoms. The first-order valence-electron chi connectivity index (χ1n) is 10.3. The number of ether oxygens (including phenoxy) is 1. The van der Waals surface area contributed by atoms with Crippen molar-refractivity contribution in [2.24, 2.45) is 0 Å². The third kappa shape index (κ3) is 4.03. The van der Waals surface area contributed by atoms with E-state index in [1.165, 1.54) is 24.1 Å². The molecule has 0 bridgehead atoms. The van der Waals surface area contributed by atoms with E-state index in [2.05, 4.69) is 9.88 Å². The molecule has 1 aromatic carbocycles. The number of amides is 1. The molecule has 0 radical (unpaired) electrons. The highest BCUT2D eigenvalue weighted by molar-refractivity contribution is 6.46. The van der Waals surface area contributed by atoms with Gasteiger partial charge in [-0.25, -0.2) is 4.39 Å². The zero-order valence-electron chi connectivity index (χ0n) is 17.3. The number of carbonyl (C=O) groups excluding carboxylic acids is 2. The topological polar surface area (TPSA) is 83.0 Å². The van der Waals surface area contributed by atoms with Gasteiger partial charge in [0.2, 0.25) is 0 Å². The van der Waals surface area contributed by atoms with Crippen molar-refractivity contribution in [2.75, 3.05) is 33.3 Å². The summed E-state index contributed by atoms with van der Waals surface area (Å²) in [5, 5.41) is 11.1. The number of pyridine rings is 1. The first-order chi connectivity index (χ1) is 15.0. The van der Waals surface area contributed by atoms with Crippen molar-refractivity contribution >= 4 is 17.4 Å². The lowest BCUT2D eigenvalue weighted by Gasteiger charge is -2.27. The van der Waals surface area contributed by atoms with Gasteiger partial charge in [-0.15, -0.1) is 0 Å². The minimum absolute atomic E-state index is 0.0269. The molecule has 1 unspecified atom stereocenters. The second-order valence-corrected chi connectivity index (χ2v) is 7.67. The summed E-state index contributed by atoms with van der Waals surface area (Å²) in [6, 6.07) is 6.28. The van der Waals surface area contributed by atoms with Crippen LogP contribution in [-0.4, -0.2) is 64.9 Å². The average Bonchev–Trinajstić information content (AvgIpc) is 3.39. The normalized spacial score (nSPS) is 21.1. The van der Waals surface area contributed by atoms with Gasteiger partial charge in [0.25, 0.3) is 11.7 Å². The highest BCUT2D eigenvalue weighted by atomic mass is 19.1. The second-order valence-electron chi connectivity index (χ2n) is 7.67. The molecular formula is C23H24FN3O4. The van der Waals surface area contributed by atoms with Crippen molar-refractivity contribution in [1.82, 2.24) is 14.8 Å². The standard InChI is InChI=1S/C23H24FN3O4/c1-31-18-5-4-16(24)14-17(18)21(28)19-20(15-6-8-25-9-7-15)27(23(30)22(19)29)13-12-26-10-2-3-11-26/h4-9,14,20,28H,2-3,10-13H2,1H3/b21-19+. The Morgan fingerprint density at radius 2 is 1.87 bits per heavy atom. The van der Waals surface area contributed by atoms with Gasteiger partial charge in [0, 0.05) is 25.5 Å². The fourth-order valence-corrected chi connectivity index (χ4v) is 4.27. The highest BCUT2D eigenvalue weighted by Gasteiger charge is 2.46. The molecule has 2 aliphatic rings. The molecule has 0 aliphatic carbocycles. The molecule has 2 fully saturated rings. The summed E-state index contributed by atoms with van der Waals surface area (Å²) in [7, 11) is 1.39. The van der Waals surface area contributed by atoms with Crippen LogP contribution in [0.1, 0.15) is 30.0 Å². The summed E-state index contributed by atoms with van der Waals surface area (Å²) in [6.45, 7) is 2.90. The van der Waals surface area contributed by atoms with Crippen LogP contribution < -0.4 is 4.74 Å². The number of carbonyl (C=O) groups is 2. The van der Waals surface area contributed by atoms with E-state index in [9.17, 15) is 19.1 Å². The van der Waals surface area contributed by atoms with Gasteiger partial charge in [0.1, 0.15) is 17.3 Å². The van der Waals surface area contributed by atoms with Crippen LogP contribution in [0.3, 0.4) is 0 Å². The molecule has 4 rings (SSSR count). The van der Waals surface area contributed by atoms with E-state index < -0.39 is 29.3 Å². The number of nitrogens with zero attached hydrogens (tertiary/aromatic N) is 3. The first kappa shape index (κ1) is 21.0. The average molecular weight is 425 g/mol. The van der Waals surface area contributed by atoms with Crippen LogP contribution >= 0.6 is 0 Å². The van der Waals surface area contributed by atoms with Crippen LogP contribution in [0.4, 0.5) is 4.39 Å². The van der Waals surface area contributed by atoms with E-state index in [0.717, 1.165) is 32.0 Å². The molecule has 0 saturated carbocycles. The number of hydrogen-bond donors (Lipinski definition) is 1. The number of methoxy groups -OCH3 is 1. The SMILES string of the molecule is COc1ccc(F)cc1/C(O)=C1\C(=O)C(=O)N(CCN2CCCC2)C1c1ccncc1. The molecule has 2 aliphatic heterocycles. The molecule has 1 amide bonds. The maximum atomic E-state index is 13.9. The summed E-state index contributed by atoms with van der Waals surface area (Å²) in [5.74, 6) is -2.33. The number of hydrogen-bond acceptors (Lipinski definition) is 6. The van der Waals surface area contributed by atoms with Gasteiger partial charge in [-0.2, -0.15) is 0 Å². The lowest BCUT2D eigenvalue weighted by Crippen LogP contribution is -2.37. The lowest BCUT2D eigenvalue weighted by atomic mass is 9.95. The summed E-state index contributed by atoms with van der Waals surface area (Å²) < 4.78 is 19.2. The number of halogens is 1. The van der Waals surface area contributed by atoms with Crippen molar-refractivity contribution in [3.8, 4) is 5.75 Å². The summed E-state index contributed by atoms with van der Waals surface area (Å²) in [5.41, 5.74) is 0.591. The fourth-order valence-electron chi connectivity index (χ4n) is 4.27. The molecule has 162 valence electrons. The Labute approximate surface area is 179 Å². The number of aliphatic hydroxyl groups excluding tert-OH is 1. The number of benzene rings is 1. The molecule has 2 saturated heterocycles. The van der Waals surface area contributed by atoms with Crippen LogP contribution in [0, 0.1) is 5.82 Å². The second kappa shape index (κ2) is 8.85. The smallest absolute Gasteiger partial charge is 0.295 e. The van der Waals surface area contributed by atoms with Crippen LogP contribution in [0.25, 0.3) is 5.76 Å². The van der Waals surface area contributed by atoms with E-state index >= 15 is 0 Å². The van der Waals surface area contributed by atoms with E-state index in [1.54, 1.807) is 24.5 Å². The molecule has 31 heavy (non-hydrogen) atoms. The molecular weight excluding hydrogens is 401 g/mol. The van der Waals surface area contributed by atoms with Gasteiger partial charge in [-0.3, -0.25) is 14.6 Å². The van der Waals surface area contributed by atoms with Gasteiger partial charge in [0.15, 0.2) is 0 Å². The van der Waals surface area contributed by atoms with Crippen LogP contribution in [0.2, 0.25) is 0 Å². The number of aromatic nitrogens is 1. The Hall–Kier alpha value is -3.26. The number of likely N-dealkylation sites (tertiary alicyclic amines) is 2. The Morgan fingerprint density at radius 3 is 2.55 bits per heavy atom. The minimum atomic E-state index is -0.799. The molecule has 0 spiro atoms. The Bertz CT molecular complexity index is 1020. The molecule has 1 aromatic heterocycles. The van der Waals surface area contributed by atoms with E-state index in [0.29, 0.717) is 18.7 Å². The molecule has 2 aromatic rings. The number of Topliss-reactive ketones (excluding diaryl/α,β-unsaturated/α-hetero) is 1. The van der Waals surface area contributed by atoms with Crippen molar-refractivity contribution in [2.45, 2.75) is 18.9 Å². The van der Waals surface area contributed by atoms with Crippen molar-refractivity contribution in [3.05, 3.63) is 65.2 Å². The van der Waals surface area contributed by atoms with Gasteiger partial charge in [0.05, 0.1) is 24.3 Å². The Morgan fingerprint density at radius 1 is 1.16 bits per heavy atom. The van der Waals surface area contributed by atoms with E-state index in [4.69, 9.17) is 4.74 Å². The molecule has 3 heterocycles. The van der Waals surface area contributed by atoms with Gasteiger partial charge in [-0.1, -0.05) is 0 Å². The maximum Gasteiger partial charge on any atom is 0.295 e. The molecule has 1 N–H and O–H groups in total. The van der Waals surface area contributed by atoms with E-state index in [1.807, 2.05) is 0 Å². The van der Waals surface area contributed by atoms with Gasteiger partial charge >= 0.3 is 0 Å². The maximum absolute atomic E-state index is 13.9. The zero-order valence-corrected chi connectivity index (χ0v) is 17.3. The largest absolute Gasteiger partial charge is 0.507 e. The summed E-state index contributed by atoms with van der Waals surface area (Å²) in [6.07, 6.45) is 5.37. The number of aliphatic hydroxyl groups is 1. The van der Waals surface area contributed by atoms with Crippen molar-refractivity contribution in [3.63, 3.8) is 0 Å². The quantitative estimate of drug-likeness (QED) is 0.435. The van der Waals surface area contributed by atoms with Crippen LogP contribution in [0.5, 0.6) is 5.75 Å². The van der Waals surface area contributed by atoms with E-state index in [-0.39, 0.29) is 16.9 Å². The third-order valence-electron chi connectivity index (χ3n) is 5.83. The zero-order chi connectivity index (χ0) is 22.0. The van der Waals surface area contributed by atoms with Gasteiger partial charge in [-0.05, 0) is 61.8 Å². The van der Waals surface area contributed by atoms with Crippen molar-refractivity contribution < 1.29 is 23.8 Å². The van der Waals surface area contributed by atoms with Gasteiger partial charge < -0.3 is 19.6 Å². The summed E-state index contributed by atoms with van der Waals surface area (Å²) in [4.78, 5) is 33.7. The monoisotopic (exact) mass is 425 g/mol. The highest BCUT2D eigenvalue weighted by Crippen LogP contribution is 2.40. The van der Waals surface area contributed by atoms with Crippen LogP contribution in [0.15, 0.2) is 48.3 Å². The fraction of sp³-hybridized carbons (Fsp3) is 0.348. The lowest BCUT2D eigenvalue weighted by molar-refractivity contribution is -0.140. The summed E-state index contributed by atoms with van der Waals surface area (Å²) >= 11 is 0. The molecule has 7 nitrogen and oxygen atoms in total. The Kier molecular flexibility index (Phi) is 5.99. The predicted octanol–water partition coefficient (Wildman–Crippen LogP) is 2.75. The third-order valence-corrected chi connectivity index (χ3v) is 5.83. The Balaban J connectivity index is 1.79.